The first-order valence-corrected chi connectivity index (χ1v) is 11.8. The number of carbonyl (C=O) groups excluding carboxylic acids is 2. The van der Waals surface area contributed by atoms with Crippen LogP contribution in [0.15, 0.2) is 34.7 Å². The molecule has 0 bridgehead atoms. The van der Waals surface area contributed by atoms with Crippen molar-refractivity contribution in [1.29, 1.82) is 0 Å². The second-order valence-corrected chi connectivity index (χ2v) is 10.0. The van der Waals surface area contributed by atoms with Gasteiger partial charge in [-0.2, -0.15) is 0 Å². The molecule has 29 heavy (non-hydrogen) atoms. The molecule has 0 unspecified atom stereocenters. The number of nitrogens with one attached hydrogen (secondary N) is 1. The van der Waals surface area contributed by atoms with Gasteiger partial charge in [0.15, 0.2) is 8.29 Å². The molecule has 0 fully saturated rings. The maximum absolute atomic E-state index is 12.3. The van der Waals surface area contributed by atoms with Crippen LogP contribution in [-0.4, -0.2) is 34.0 Å². The molecule has 0 atom stereocenters. The van der Waals surface area contributed by atoms with Crippen molar-refractivity contribution in [3.05, 3.63) is 49.7 Å². The molecule has 0 aliphatic carbocycles. The van der Waals surface area contributed by atoms with Gasteiger partial charge < -0.3 is 10.1 Å². The molecule has 3 rings (SSSR count). The summed E-state index contributed by atoms with van der Waals surface area (Å²) in [5, 5.41) is 8.52. The molecule has 0 spiro atoms. The van der Waals surface area contributed by atoms with E-state index in [0.29, 0.717) is 29.8 Å². The van der Waals surface area contributed by atoms with E-state index in [1.165, 1.54) is 34.4 Å². The summed E-state index contributed by atoms with van der Waals surface area (Å²) in [6, 6.07) is 8.97. The van der Waals surface area contributed by atoms with Crippen LogP contribution in [0, 0.1) is 10.9 Å². The molecule has 3 aromatic rings. The summed E-state index contributed by atoms with van der Waals surface area (Å²) in [4.78, 5) is 24.7. The van der Waals surface area contributed by atoms with Crippen molar-refractivity contribution in [2.75, 3.05) is 17.7 Å². The number of ether oxygens (including phenoxy) is 1. The number of aryl methyl sites for hydroxylation is 1. The van der Waals surface area contributed by atoms with Gasteiger partial charge in [-0.3, -0.25) is 4.79 Å². The average molecular weight is 486 g/mol. The zero-order valence-electron chi connectivity index (χ0n) is 15.4. The second kappa shape index (κ2) is 9.86. The number of esters is 1. The van der Waals surface area contributed by atoms with E-state index in [4.69, 9.17) is 28.6 Å². The van der Waals surface area contributed by atoms with E-state index in [-0.39, 0.29) is 17.6 Å². The van der Waals surface area contributed by atoms with Crippen molar-refractivity contribution in [2.45, 2.75) is 18.2 Å². The summed E-state index contributed by atoms with van der Waals surface area (Å²) in [5.74, 6) is -0.391. The van der Waals surface area contributed by atoms with Gasteiger partial charge in [0.25, 0.3) is 0 Å². The van der Waals surface area contributed by atoms with E-state index < -0.39 is 0 Å². The molecule has 1 amide bonds. The third-order valence-corrected chi connectivity index (χ3v) is 7.32. The number of nitrogens with zero attached hydrogens (tertiary/aromatic N) is 2. The molecule has 0 aliphatic rings. The van der Waals surface area contributed by atoms with Gasteiger partial charge in [0.05, 0.1) is 23.0 Å². The van der Waals surface area contributed by atoms with E-state index in [2.05, 4.69) is 10.4 Å². The van der Waals surface area contributed by atoms with Gasteiger partial charge >= 0.3 is 5.97 Å². The highest BCUT2D eigenvalue weighted by Crippen LogP contribution is 2.28. The maximum Gasteiger partial charge on any atom is 0.348 e. The molecule has 2 heterocycles. The van der Waals surface area contributed by atoms with E-state index in [9.17, 15) is 9.59 Å². The van der Waals surface area contributed by atoms with Crippen LogP contribution in [0.3, 0.4) is 0 Å². The normalized spacial score (nSPS) is 10.7. The Kier molecular flexibility index (Phi) is 7.47. The molecule has 0 aliphatic heterocycles. The monoisotopic (exact) mass is 485 g/mol. The van der Waals surface area contributed by atoms with Gasteiger partial charge in [0.2, 0.25) is 5.91 Å². The third-order valence-electron chi connectivity index (χ3n) is 3.57. The molecule has 6 nitrogen and oxygen atoms in total. The smallest absolute Gasteiger partial charge is 0.348 e. The number of hydrogen-bond donors (Lipinski definition) is 1. The standard InChI is InChI=1S/C18H16ClN3O3S4/c1-3-25-16(24)15-10(2)8-14(28-15)20-13(23)9-27-17-21-22(18(26)29-17)12-6-4-11(19)5-7-12/h4-8H,3,9H2,1-2H3,(H,20,23). The first kappa shape index (κ1) is 22.0. The highest BCUT2D eigenvalue weighted by molar-refractivity contribution is 8.01. The molecule has 11 heteroatoms. The minimum Gasteiger partial charge on any atom is -0.462 e. The summed E-state index contributed by atoms with van der Waals surface area (Å²) in [7, 11) is 0. The number of thioether (sulfide) groups is 1. The summed E-state index contributed by atoms with van der Waals surface area (Å²) in [5.41, 5.74) is 1.59. The Labute approximate surface area is 189 Å². The Morgan fingerprint density at radius 3 is 2.72 bits per heavy atom. The van der Waals surface area contributed by atoms with E-state index >= 15 is 0 Å². The fraction of sp³-hybridized carbons (Fsp3) is 0.222. The number of anilines is 1. The number of carbonyl (C=O) groups is 2. The molecule has 152 valence electrons. The number of rotatable bonds is 7. The summed E-state index contributed by atoms with van der Waals surface area (Å²) in [6.45, 7) is 3.87. The van der Waals surface area contributed by atoms with E-state index in [1.54, 1.807) is 29.8 Å². The number of halogens is 1. The van der Waals surface area contributed by atoms with Gasteiger partial charge in [0, 0.05) is 5.02 Å². The predicted octanol–water partition coefficient (Wildman–Crippen LogP) is 5.59. The minimum absolute atomic E-state index is 0.175. The summed E-state index contributed by atoms with van der Waals surface area (Å²) in [6.07, 6.45) is 0. The van der Waals surface area contributed by atoms with Crippen LogP contribution in [0.5, 0.6) is 0 Å². The van der Waals surface area contributed by atoms with Crippen molar-refractivity contribution < 1.29 is 14.3 Å². The number of benzene rings is 1. The van der Waals surface area contributed by atoms with Crippen LogP contribution >= 0.6 is 58.3 Å². The first-order chi connectivity index (χ1) is 13.9. The van der Waals surface area contributed by atoms with Crippen LogP contribution in [-0.2, 0) is 9.53 Å². The molecule has 1 N–H and O–H groups in total. The molecular formula is C18H16ClN3O3S4. The number of aromatic nitrogens is 2. The lowest BCUT2D eigenvalue weighted by atomic mass is 10.3. The topological polar surface area (TPSA) is 73.2 Å². The number of thiophene rings is 1. The highest BCUT2D eigenvalue weighted by atomic mass is 35.5. The van der Waals surface area contributed by atoms with Crippen molar-refractivity contribution in [3.63, 3.8) is 0 Å². The third kappa shape index (κ3) is 5.67. The van der Waals surface area contributed by atoms with Gasteiger partial charge in [-0.1, -0.05) is 34.7 Å². The van der Waals surface area contributed by atoms with Gasteiger partial charge in [-0.05, 0) is 62.0 Å². The van der Waals surface area contributed by atoms with Gasteiger partial charge in [-0.25, -0.2) is 9.48 Å². The SMILES string of the molecule is CCOC(=O)c1sc(NC(=O)CSc2nn(-c3ccc(Cl)cc3)c(=S)s2)cc1C. The predicted molar refractivity (Wildman–Crippen MR) is 122 cm³/mol. The lowest BCUT2D eigenvalue weighted by molar-refractivity contribution is -0.113. The quantitative estimate of drug-likeness (QED) is 0.267. The molecule has 0 saturated carbocycles. The fourth-order valence-electron chi connectivity index (χ4n) is 2.31. The van der Waals surface area contributed by atoms with Gasteiger partial charge in [0.1, 0.15) is 4.88 Å². The largest absolute Gasteiger partial charge is 0.462 e. The Balaban J connectivity index is 1.61. The average Bonchev–Trinajstić information content (AvgIpc) is 3.23. The van der Waals surface area contributed by atoms with Crippen LogP contribution in [0.1, 0.15) is 22.2 Å². The van der Waals surface area contributed by atoms with Crippen LogP contribution < -0.4 is 5.32 Å². The molecule has 2 aromatic heterocycles. The Hall–Kier alpha value is -1.72. The number of hydrogen-bond acceptors (Lipinski definition) is 8. The zero-order valence-corrected chi connectivity index (χ0v) is 19.5. The number of amides is 1. The van der Waals surface area contributed by atoms with Crippen molar-refractivity contribution >= 4 is 75.1 Å². The molecular weight excluding hydrogens is 470 g/mol. The Bertz CT molecular complexity index is 1090. The second-order valence-electron chi connectivity index (χ2n) is 5.70. The lowest BCUT2D eigenvalue weighted by Crippen LogP contribution is -2.13. The van der Waals surface area contributed by atoms with Crippen LogP contribution in [0.4, 0.5) is 5.00 Å². The summed E-state index contributed by atoms with van der Waals surface area (Å²) < 4.78 is 7.94. The molecule has 1 aromatic carbocycles. The highest BCUT2D eigenvalue weighted by Gasteiger charge is 2.16. The molecule has 0 saturated heterocycles. The fourth-order valence-corrected chi connectivity index (χ4v) is 5.58. The first-order valence-electron chi connectivity index (χ1n) is 8.43. The van der Waals surface area contributed by atoms with E-state index in [1.807, 2.05) is 19.1 Å². The van der Waals surface area contributed by atoms with E-state index in [0.717, 1.165) is 11.3 Å². The minimum atomic E-state index is -0.377. The van der Waals surface area contributed by atoms with Crippen LogP contribution in [0.2, 0.25) is 5.02 Å². The molecule has 0 radical (unpaired) electrons. The Morgan fingerprint density at radius 1 is 1.31 bits per heavy atom. The Morgan fingerprint density at radius 2 is 2.03 bits per heavy atom. The zero-order chi connectivity index (χ0) is 21.0. The van der Waals surface area contributed by atoms with Crippen molar-refractivity contribution in [3.8, 4) is 5.69 Å². The van der Waals surface area contributed by atoms with Crippen molar-refractivity contribution in [2.24, 2.45) is 0 Å². The van der Waals surface area contributed by atoms with Gasteiger partial charge in [-0.15, -0.1) is 16.4 Å². The van der Waals surface area contributed by atoms with Crippen LogP contribution in [0.25, 0.3) is 5.69 Å². The van der Waals surface area contributed by atoms with Crippen molar-refractivity contribution in [1.82, 2.24) is 9.78 Å². The lowest BCUT2D eigenvalue weighted by Gasteiger charge is -2.01. The maximum atomic E-state index is 12.3. The summed E-state index contributed by atoms with van der Waals surface area (Å²) >= 11 is 15.1.